The van der Waals surface area contributed by atoms with Crippen molar-refractivity contribution >= 4 is 34.8 Å². The summed E-state index contributed by atoms with van der Waals surface area (Å²) >= 11 is 17.6. The maximum atomic E-state index is 5.89. The largest absolute Gasteiger partial charge is 0.236 e. The Kier molecular flexibility index (Phi) is 3.15. The zero-order chi connectivity index (χ0) is 10.8. The molecule has 0 aliphatic rings. The summed E-state index contributed by atoms with van der Waals surface area (Å²) in [6.45, 7) is 0. The maximum absolute atomic E-state index is 5.89. The minimum absolute atomic E-state index is 0.448. The van der Waals surface area contributed by atoms with Gasteiger partial charge in [-0.2, -0.15) is 0 Å². The van der Waals surface area contributed by atoms with Crippen LogP contribution in [0.5, 0.6) is 0 Å². The van der Waals surface area contributed by atoms with E-state index in [0.717, 1.165) is 11.3 Å². The average molecular weight is 259 g/mol. The highest BCUT2D eigenvalue weighted by Gasteiger charge is 2.02. The van der Waals surface area contributed by atoms with Crippen LogP contribution >= 0.6 is 34.8 Å². The predicted octanol–water partition coefficient (Wildman–Crippen LogP) is 4.71. The van der Waals surface area contributed by atoms with Gasteiger partial charge in [-0.15, -0.1) is 0 Å². The highest BCUT2D eigenvalue weighted by atomic mass is 35.5. The molecule has 0 amide bonds. The van der Waals surface area contributed by atoms with Gasteiger partial charge in [0.25, 0.3) is 0 Å². The third kappa shape index (κ3) is 2.63. The molecule has 0 spiro atoms. The van der Waals surface area contributed by atoms with Crippen molar-refractivity contribution in [3.63, 3.8) is 0 Å². The van der Waals surface area contributed by atoms with Crippen molar-refractivity contribution in [1.29, 1.82) is 0 Å². The molecule has 4 heteroatoms. The second-order valence-electron chi connectivity index (χ2n) is 3.00. The molecule has 0 bridgehead atoms. The molecule has 0 N–H and O–H groups in total. The van der Waals surface area contributed by atoms with Crippen molar-refractivity contribution in [2.45, 2.75) is 0 Å². The number of pyridine rings is 1. The third-order valence-electron chi connectivity index (χ3n) is 1.87. The Morgan fingerprint density at radius 1 is 0.867 bits per heavy atom. The van der Waals surface area contributed by atoms with Crippen LogP contribution in [0.3, 0.4) is 0 Å². The van der Waals surface area contributed by atoms with E-state index in [1.807, 2.05) is 12.1 Å². The molecule has 0 unspecified atom stereocenters. The molecular formula is C11H6Cl3N. The molecule has 1 aromatic heterocycles. The highest BCUT2D eigenvalue weighted by molar-refractivity contribution is 6.35. The molecule has 1 heterocycles. The first-order valence-electron chi connectivity index (χ1n) is 4.24. The first-order chi connectivity index (χ1) is 7.15. The van der Waals surface area contributed by atoms with Crippen molar-refractivity contribution in [1.82, 2.24) is 4.98 Å². The number of rotatable bonds is 1. The molecule has 0 aliphatic heterocycles. The van der Waals surface area contributed by atoms with Gasteiger partial charge in [0, 0.05) is 15.6 Å². The molecule has 15 heavy (non-hydrogen) atoms. The van der Waals surface area contributed by atoms with Crippen LogP contribution in [0.4, 0.5) is 0 Å². The van der Waals surface area contributed by atoms with Crippen LogP contribution in [0.2, 0.25) is 15.2 Å². The summed E-state index contributed by atoms with van der Waals surface area (Å²) in [6.07, 6.45) is 0. The lowest BCUT2D eigenvalue weighted by molar-refractivity contribution is 1.33. The first kappa shape index (κ1) is 10.7. The first-order valence-corrected chi connectivity index (χ1v) is 5.37. The lowest BCUT2D eigenvalue weighted by atomic mass is 10.1. The van der Waals surface area contributed by atoms with Gasteiger partial charge >= 0.3 is 0 Å². The molecule has 1 nitrogen and oxygen atoms in total. The lowest BCUT2D eigenvalue weighted by Gasteiger charge is -2.02. The van der Waals surface area contributed by atoms with E-state index in [2.05, 4.69) is 4.98 Å². The van der Waals surface area contributed by atoms with Gasteiger partial charge in [-0.25, -0.2) is 4.98 Å². The van der Waals surface area contributed by atoms with Crippen molar-refractivity contribution in [2.75, 3.05) is 0 Å². The fourth-order valence-electron chi connectivity index (χ4n) is 1.27. The number of hydrogen-bond acceptors (Lipinski definition) is 1. The van der Waals surface area contributed by atoms with Gasteiger partial charge < -0.3 is 0 Å². The van der Waals surface area contributed by atoms with Gasteiger partial charge in [0.1, 0.15) is 5.15 Å². The fourth-order valence-corrected chi connectivity index (χ4v) is 1.96. The number of halogens is 3. The molecule has 76 valence electrons. The second kappa shape index (κ2) is 4.40. The van der Waals surface area contributed by atoms with Gasteiger partial charge in [0.2, 0.25) is 0 Å². The topological polar surface area (TPSA) is 12.9 Å². The summed E-state index contributed by atoms with van der Waals surface area (Å²) in [5.74, 6) is 0. The van der Waals surface area contributed by atoms with Crippen molar-refractivity contribution in [2.24, 2.45) is 0 Å². The molecular weight excluding hydrogens is 252 g/mol. The van der Waals surface area contributed by atoms with Crippen LogP contribution in [0, 0.1) is 0 Å². The molecule has 0 radical (unpaired) electrons. The summed E-state index contributed by atoms with van der Waals surface area (Å²) in [7, 11) is 0. The maximum Gasteiger partial charge on any atom is 0.129 e. The van der Waals surface area contributed by atoms with Crippen LogP contribution in [0.25, 0.3) is 11.3 Å². The summed E-state index contributed by atoms with van der Waals surface area (Å²) in [5, 5.41) is 1.61. The van der Waals surface area contributed by atoms with Crippen LogP contribution in [-0.2, 0) is 0 Å². The smallest absolute Gasteiger partial charge is 0.129 e. The van der Waals surface area contributed by atoms with E-state index >= 15 is 0 Å². The fraction of sp³-hybridized carbons (Fsp3) is 0. The van der Waals surface area contributed by atoms with E-state index in [4.69, 9.17) is 34.8 Å². The lowest BCUT2D eigenvalue weighted by Crippen LogP contribution is -1.83. The Bertz CT molecular complexity index is 477. The zero-order valence-electron chi connectivity index (χ0n) is 7.55. The monoisotopic (exact) mass is 257 g/mol. The average Bonchev–Trinajstić information content (AvgIpc) is 2.16. The van der Waals surface area contributed by atoms with Crippen LogP contribution < -0.4 is 0 Å². The van der Waals surface area contributed by atoms with E-state index in [-0.39, 0.29) is 0 Å². The molecule has 2 aromatic rings. The third-order valence-corrected chi connectivity index (χ3v) is 2.52. The Morgan fingerprint density at radius 2 is 1.53 bits per heavy atom. The van der Waals surface area contributed by atoms with Gasteiger partial charge in [0.05, 0.1) is 5.69 Å². The SMILES string of the molecule is Clc1cc(Cl)cc(-c2cccc(Cl)n2)c1. The summed E-state index contributed by atoms with van der Waals surface area (Å²) in [6, 6.07) is 10.7. The van der Waals surface area contributed by atoms with Gasteiger partial charge in [0.15, 0.2) is 0 Å². The minimum atomic E-state index is 0.448. The Balaban J connectivity index is 2.54. The number of benzene rings is 1. The van der Waals surface area contributed by atoms with Gasteiger partial charge in [-0.3, -0.25) is 0 Å². The van der Waals surface area contributed by atoms with Gasteiger partial charge in [-0.1, -0.05) is 40.9 Å². The normalized spacial score (nSPS) is 10.3. The molecule has 0 aliphatic carbocycles. The van der Waals surface area contributed by atoms with Crippen molar-refractivity contribution < 1.29 is 0 Å². The van der Waals surface area contributed by atoms with E-state index in [9.17, 15) is 0 Å². The minimum Gasteiger partial charge on any atom is -0.236 e. The highest BCUT2D eigenvalue weighted by Crippen LogP contribution is 2.26. The van der Waals surface area contributed by atoms with E-state index in [1.54, 1.807) is 24.3 Å². The summed E-state index contributed by atoms with van der Waals surface area (Å²) < 4.78 is 0. The van der Waals surface area contributed by atoms with Crippen molar-refractivity contribution in [3.05, 3.63) is 51.6 Å². The number of nitrogens with zero attached hydrogens (tertiary/aromatic N) is 1. The summed E-state index contributed by atoms with van der Waals surface area (Å²) in [4.78, 5) is 4.17. The number of hydrogen-bond donors (Lipinski definition) is 0. The van der Waals surface area contributed by atoms with Crippen LogP contribution in [0.1, 0.15) is 0 Å². The quantitative estimate of drug-likeness (QED) is 0.675. The van der Waals surface area contributed by atoms with Gasteiger partial charge in [-0.05, 0) is 30.3 Å². The molecule has 2 rings (SSSR count). The van der Waals surface area contributed by atoms with E-state index < -0.39 is 0 Å². The number of aromatic nitrogens is 1. The van der Waals surface area contributed by atoms with Crippen molar-refractivity contribution in [3.8, 4) is 11.3 Å². The van der Waals surface area contributed by atoms with E-state index in [1.165, 1.54) is 0 Å². The summed E-state index contributed by atoms with van der Waals surface area (Å²) in [5.41, 5.74) is 1.61. The standard InChI is InChI=1S/C11H6Cl3N/c12-8-4-7(5-9(13)6-8)10-2-1-3-11(14)15-10/h1-6H. The Labute approximate surface area is 103 Å². The molecule has 0 fully saturated rings. The second-order valence-corrected chi connectivity index (χ2v) is 4.26. The molecule has 1 aromatic carbocycles. The van der Waals surface area contributed by atoms with E-state index in [0.29, 0.717) is 15.2 Å². The van der Waals surface area contributed by atoms with Crippen LogP contribution in [-0.4, -0.2) is 4.98 Å². The predicted molar refractivity (Wildman–Crippen MR) is 64.7 cm³/mol. The molecule has 0 atom stereocenters. The molecule has 0 saturated carbocycles. The zero-order valence-corrected chi connectivity index (χ0v) is 9.81. The Hall–Kier alpha value is -0.760. The molecule has 0 saturated heterocycles. The Morgan fingerprint density at radius 3 is 2.13 bits per heavy atom. The van der Waals surface area contributed by atoms with Crippen LogP contribution in [0.15, 0.2) is 36.4 Å².